The van der Waals surface area contributed by atoms with Crippen molar-refractivity contribution in [3.8, 4) is 0 Å². The predicted octanol–water partition coefficient (Wildman–Crippen LogP) is 4.48. The third kappa shape index (κ3) is 4.90. The van der Waals surface area contributed by atoms with Gasteiger partial charge in [-0.2, -0.15) is 0 Å². The number of halogens is 2. The maximum atomic E-state index is 14.0. The van der Waals surface area contributed by atoms with E-state index in [1.165, 1.54) is 6.07 Å². The van der Waals surface area contributed by atoms with E-state index in [9.17, 15) is 8.78 Å². The average molecular weight is 269 g/mol. The van der Waals surface area contributed by atoms with E-state index in [0.717, 1.165) is 25.5 Å². The molecule has 0 saturated carbocycles. The second-order valence-electron chi connectivity index (χ2n) is 5.60. The van der Waals surface area contributed by atoms with Crippen LogP contribution in [0.25, 0.3) is 0 Å². The Balaban J connectivity index is 2.93. The second kappa shape index (κ2) is 7.59. The molecule has 1 aromatic carbocycles. The minimum Gasteiger partial charge on any atom is -0.314 e. The predicted molar refractivity (Wildman–Crippen MR) is 76.3 cm³/mol. The summed E-state index contributed by atoms with van der Waals surface area (Å²) in [4.78, 5) is 0. The molecule has 0 fully saturated rings. The van der Waals surface area contributed by atoms with Crippen molar-refractivity contribution in [2.75, 3.05) is 6.54 Å². The van der Waals surface area contributed by atoms with E-state index < -0.39 is 11.6 Å². The quantitative estimate of drug-likeness (QED) is 0.769. The van der Waals surface area contributed by atoms with Gasteiger partial charge in [0.15, 0.2) is 0 Å². The number of hydrogen-bond donors (Lipinski definition) is 1. The molecule has 1 nitrogen and oxygen atoms in total. The highest BCUT2D eigenvalue weighted by molar-refractivity contribution is 5.23. The molecule has 0 heterocycles. The highest BCUT2D eigenvalue weighted by Gasteiger charge is 2.22. The Labute approximate surface area is 115 Å². The van der Waals surface area contributed by atoms with Crippen molar-refractivity contribution < 1.29 is 8.78 Å². The molecule has 0 bridgehead atoms. The fraction of sp³-hybridized carbons (Fsp3) is 0.625. The fourth-order valence-corrected chi connectivity index (χ4v) is 2.44. The number of hydrogen-bond acceptors (Lipinski definition) is 1. The molecule has 2 atom stereocenters. The molecule has 19 heavy (non-hydrogen) atoms. The lowest BCUT2D eigenvalue weighted by Gasteiger charge is -2.26. The number of nitrogens with one attached hydrogen (secondary N) is 1. The first-order valence-corrected chi connectivity index (χ1v) is 7.14. The molecule has 0 amide bonds. The molecule has 0 aliphatic rings. The number of benzene rings is 1. The minimum atomic E-state index is -0.514. The third-order valence-electron chi connectivity index (χ3n) is 3.54. The van der Waals surface area contributed by atoms with E-state index in [-0.39, 0.29) is 5.92 Å². The van der Waals surface area contributed by atoms with Crippen LogP contribution in [0.1, 0.15) is 52.0 Å². The van der Waals surface area contributed by atoms with Gasteiger partial charge < -0.3 is 5.32 Å². The molecule has 0 saturated heterocycles. The smallest absolute Gasteiger partial charge is 0.129 e. The van der Waals surface area contributed by atoms with Gasteiger partial charge in [-0.1, -0.05) is 46.6 Å². The zero-order chi connectivity index (χ0) is 14.4. The SMILES string of the molecule is CCCC(C)C(CNC(C)C)c1ccc(F)cc1F. The van der Waals surface area contributed by atoms with Crippen molar-refractivity contribution in [1.29, 1.82) is 0 Å². The highest BCUT2D eigenvalue weighted by Crippen LogP contribution is 2.29. The first-order valence-electron chi connectivity index (χ1n) is 7.14. The molecule has 1 rings (SSSR count). The van der Waals surface area contributed by atoms with Crippen molar-refractivity contribution in [2.24, 2.45) is 5.92 Å². The lowest BCUT2D eigenvalue weighted by Crippen LogP contribution is -2.31. The first kappa shape index (κ1) is 16.1. The van der Waals surface area contributed by atoms with Gasteiger partial charge in [0.05, 0.1) is 0 Å². The van der Waals surface area contributed by atoms with Crippen molar-refractivity contribution in [3.05, 3.63) is 35.4 Å². The molecule has 0 spiro atoms. The van der Waals surface area contributed by atoms with Gasteiger partial charge in [0, 0.05) is 24.6 Å². The molecule has 1 aromatic rings. The zero-order valence-electron chi connectivity index (χ0n) is 12.3. The third-order valence-corrected chi connectivity index (χ3v) is 3.54. The lowest BCUT2D eigenvalue weighted by atomic mass is 9.84. The molecule has 108 valence electrons. The normalized spacial score (nSPS) is 14.7. The fourth-order valence-electron chi connectivity index (χ4n) is 2.44. The topological polar surface area (TPSA) is 12.0 Å². The molecular weight excluding hydrogens is 244 g/mol. The van der Waals surface area contributed by atoms with E-state index in [1.807, 2.05) is 0 Å². The second-order valence-corrected chi connectivity index (χ2v) is 5.60. The van der Waals surface area contributed by atoms with Crippen LogP contribution in [-0.4, -0.2) is 12.6 Å². The molecule has 0 aliphatic carbocycles. The Bertz CT molecular complexity index is 390. The lowest BCUT2D eigenvalue weighted by molar-refractivity contribution is 0.381. The summed E-state index contributed by atoms with van der Waals surface area (Å²) >= 11 is 0. The highest BCUT2D eigenvalue weighted by atomic mass is 19.1. The summed E-state index contributed by atoms with van der Waals surface area (Å²) in [6.45, 7) is 9.13. The van der Waals surface area contributed by atoms with Crippen LogP contribution in [0.15, 0.2) is 18.2 Å². The van der Waals surface area contributed by atoms with Gasteiger partial charge in [0.25, 0.3) is 0 Å². The van der Waals surface area contributed by atoms with E-state index >= 15 is 0 Å². The van der Waals surface area contributed by atoms with E-state index in [4.69, 9.17) is 0 Å². The van der Waals surface area contributed by atoms with Crippen LogP contribution in [0.4, 0.5) is 8.78 Å². The molecule has 2 unspecified atom stereocenters. The van der Waals surface area contributed by atoms with Crippen LogP contribution in [-0.2, 0) is 0 Å². The minimum absolute atomic E-state index is 0.0861. The molecular formula is C16H25F2N. The summed E-state index contributed by atoms with van der Waals surface area (Å²) in [5.74, 6) is -0.488. The zero-order valence-corrected chi connectivity index (χ0v) is 12.3. The maximum Gasteiger partial charge on any atom is 0.129 e. The maximum absolute atomic E-state index is 14.0. The van der Waals surface area contributed by atoms with Gasteiger partial charge in [0.2, 0.25) is 0 Å². The largest absolute Gasteiger partial charge is 0.314 e. The summed E-state index contributed by atoms with van der Waals surface area (Å²) in [5.41, 5.74) is 0.621. The van der Waals surface area contributed by atoms with Crippen molar-refractivity contribution in [1.82, 2.24) is 5.32 Å². The Morgan fingerprint density at radius 3 is 2.37 bits per heavy atom. The van der Waals surface area contributed by atoms with Gasteiger partial charge in [0.1, 0.15) is 11.6 Å². The van der Waals surface area contributed by atoms with Crippen molar-refractivity contribution >= 4 is 0 Å². The van der Waals surface area contributed by atoms with Crippen LogP contribution in [0.2, 0.25) is 0 Å². The van der Waals surface area contributed by atoms with Crippen LogP contribution < -0.4 is 5.32 Å². The molecule has 0 aliphatic heterocycles. The van der Waals surface area contributed by atoms with Crippen LogP contribution in [0.5, 0.6) is 0 Å². The first-order chi connectivity index (χ1) is 8.95. The van der Waals surface area contributed by atoms with Gasteiger partial charge in [-0.05, 0) is 17.5 Å². The van der Waals surface area contributed by atoms with Crippen LogP contribution in [0.3, 0.4) is 0 Å². The summed E-state index contributed by atoms with van der Waals surface area (Å²) in [7, 11) is 0. The average Bonchev–Trinajstić information content (AvgIpc) is 2.31. The van der Waals surface area contributed by atoms with Crippen molar-refractivity contribution in [3.63, 3.8) is 0 Å². The van der Waals surface area contributed by atoms with E-state index in [0.29, 0.717) is 17.5 Å². The Kier molecular flexibility index (Phi) is 6.43. The van der Waals surface area contributed by atoms with E-state index in [2.05, 4.69) is 33.0 Å². The number of rotatable bonds is 7. The summed E-state index contributed by atoms with van der Waals surface area (Å²) < 4.78 is 27.0. The van der Waals surface area contributed by atoms with Gasteiger partial charge in [-0.15, -0.1) is 0 Å². The summed E-state index contributed by atoms with van der Waals surface area (Å²) in [6.07, 6.45) is 2.11. The van der Waals surface area contributed by atoms with Crippen LogP contribution >= 0.6 is 0 Å². The molecule has 0 radical (unpaired) electrons. The van der Waals surface area contributed by atoms with Gasteiger partial charge in [-0.3, -0.25) is 0 Å². The van der Waals surface area contributed by atoms with Crippen LogP contribution in [0, 0.1) is 17.6 Å². The monoisotopic (exact) mass is 269 g/mol. The summed E-state index contributed by atoms with van der Waals surface area (Å²) in [6, 6.07) is 4.28. The Morgan fingerprint density at radius 2 is 1.84 bits per heavy atom. The van der Waals surface area contributed by atoms with Gasteiger partial charge in [-0.25, -0.2) is 8.78 Å². The molecule has 1 N–H and O–H groups in total. The Hall–Kier alpha value is -0.960. The van der Waals surface area contributed by atoms with Gasteiger partial charge >= 0.3 is 0 Å². The Morgan fingerprint density at radius 1 is 1.16 bits per heavy atom. The molecule has 0 aromatic heterocycles. The van der Waals surface area contributed by atoms with Crippen molar-refractivity contribution in [2.45, 2.75) is 52.5 Å². The molecule has 3 heteroatoms. The standard InChI is InChI=1S/C16H25F2N/c1-5-6-12(4)15(10-19-11(2)3)14-8-7-13(17)9-16(14)18/h7-9,11-12,15,19H,5-6,10H2,1-4H3. The van der Waals surface area contributed by atoms with E-state index in [1.54, 1.807) is 6.07 Å². The summed E-state index contributed by atoms with van der Waals surface area (Å²) in [5, 5.41) is 3.36.